The molecule has 0 saturated carbocycles. The zero-order valence-corrected chi connectivity index (χ0v) is 19.6. The molecule has 34 heavy (non-hydrogen) atoms. The van der Waals surface area contributed by atoms with Gasteiger partial charge in [0, 0.05) is 37.2 Å². The molecule has 2 N–H and O–H groups in total. The largest absolute Gasteiger partial charge is 0.369 e. The molecular formula is C22H25F2N5O4S. The number of primary amides is 1. The Kier molecular flexibility index (Phi) is 6.74. The SMILES string of the molecule is CC1(C)OCC(C(=O)N2CC=C(c3c(F)cc(-n4cc(CC(S)C(N)=O)nn4)cc3F)CC2)O1. The van der Waals surface area contributed by atoms with Crippen molar-refractivity contribution >= 4 is 30.0 Å². The average molecular weight is 494 g/mol. The zero-order valence-electron chi connectivity index (χ0n) is 18.7. The van der Waals surface area contributed by atoms with Gasteiger partial charge in [-0.3, -0.25) is 9.59 Å². The average Bonchev–Trinajstić information content (AvgIpc) is 3.39. The minimum atomic E-state index is -0.813. The van der Waals surface area contributed by atoms with Gasteiger partial charge in [-0.25, -0.2) is 13.5 Å². The van der Waals surface area contributed by atoms with E-state index in [2.05, 4.69) is 22.9 Å². The summed E-state index contributed by atoms with van der Waals surface area (Å²) in [6.07, 6.45) is 2.85. The summed E-state index contributed by atoms with van der Waals surface area (Å²) in [5.74, 6) is -3.13. The van der Waals surface area contributed by atoms with Gasteiger partial charge in [-0.1, -0.05) is 11.3 Å². The zero-order chi connectivity index (χ0) is 24.6. The highest BCUT2D eigenvalue weighted by Gasteiger charge is 2.39. The Balaban J connectivity index is 1.47. The Hall–Kier alpha value is -2.83. The fraction of sp³-hybridized carbons (Fsp3) is 0.455. The lowest BCUT2D eigenvalue weighted by Crippen LogP contribution is -2.43. The van der Waals surface area contributed by atoms with Crippen molar-refractivity contribution in [2.45, 2.75) is 43.8 Å². The van der Waals surface area contributed by atoms with Crippen LogP contribution in [0.1, 0.15) is 31.5 Å². The number of halogens is 2. The molecule has 3 heterocycles. The number of benzene rings is 1. The van der Waals surface area contributed by atoms with Crippen LogP contribution in [0.4, 0.5) is 8.78 Å². The summed E-state index contributed by atoms with van der Waals surface area (Å²) in [6.45, 7) is 4.17. The first-order chi connectivity index (χ1) is 16.0. The van der Waals surface area contributed by atoms with Crippen LogP contribution >= 0.6 is 12.6 Å². The van der Waals surface area contributed by atoms with Crippen LogP contribution in [0.5, 0.6) is 0 Å². The van der Waals surface area contributed by atoms with Crippen molar-refractivity contribution in [2.75, 3.05) is 19.7 Å². The molecule has 0 radical (unpaired) electrons. The van der Waals surface area contributed by atoms with E-state index in [0.29, 0.717) is 24.2 Å². The summed E-state index contributed by atoms with van der Waals surface area (Å²) in [6, 6.07) is 2.32. The number of nitrogens with two attached hydrogens (primary N) is 1. The van der Waals surface area contributed by atoms with Gasteiger partial charge in [-0.05, 0) is 25.8 Å². The molecule has 1 aromatic carbocycles. The van der Waals surface area contributed by atoms with Gasteiger partial charge in [-0.15, -0.1) is 5.10 Å². The molecule has 1 fully saturated rings. The van der Waals surface area contributed by atoms with Crippen molar-refractivity contribution in [1.82, 2.24) is 19.9 Å². The lowest BCUT2D eigenvalue weighted by Gasteiger charge is -2.29. The van der Waals surface area contributed by atoms with Crippen molar-refractivity contribution in [3.05, 3.63) is 47.3 Å². The van der Waals surface area contributed by atoms with E-state index in [-0.39, 0.29) is 36.7 Å². The number of thiol groups is 1. The molecule has 4 rings (SSSR count). The molecule has 2 atom stereocenters. The van der Waals surface area contributed by atoms with Crippen molar-refractivity contribution in [1.29, 1.82) is 0 Å². The Morgan fingerprint density at radius 2 is 2.03 bits per heavy atom. The number of hydrogen-bond donors (Lipinski definition) is 2. The lowest BCUT2D eigenvalue weighted by atomic mass is 9.97. The van der Waals surface area contributed by atoms with Crippen LogP contribution < -0.4 is 5.73 Å². The Morgan fingerprint density at radius 1 is 1.32 bits per heavy atom. The van der Waals surface area contributed by atoms with Crippen molar-refractivity contribution < 1.29 is 27.8 Å². The number of amides is 2. The molecule has 0 aliphatic carbocycles. The summed E-state index contributed by atoms with van der Waals surface area (Å²) >= 11 is 4.07. The minimum absolute atomic E-state index is 0.137. The topological polar surface area (TPSA) is 113 Å². The van der Waals surface area contributed by atoms with Crippen LogP contribution in [0.2, 0.25) is 0 Å². The van der Waals surface area contributed by atoms with Crippen LogP contribution in [0.3, 0.4) is 0 Å². The van der Waals surface area contributed by atoms with Crippen molar-refractivity contribution in [3.8, 4) is 5.69 Å². The van der Waals surface area contributed by atoms with Gasteiger partial charge < -0.3 is 20.1 Å². The van der Waals surface area contributed by atoms with E-state index >= 15 is 0 Å². The quantitative estimate of drug-likeness (QED) is 0.592. The summed E-state index contributed by atoms with van der Waals surface area (Å²) in [5, 5.41) is 7.02. The molecular weight excluding hydrogens is 468 g/mol. The molecule has 9 nitrogen and oxygen atoms in total. The number of rotatable bonds is 6. The number of aromatic nitrogens is 3. The molecule has 2 unspecified atom stereocenters. The maximum Gasteiger partial charge on any atom is 0.254 e. The number of carbonyl (C=O) groups is 2. The minimum Gasteiger partial charge on any atom is -0.369 e. The summed E-state index contributed by atoms with van der Waals surface area (Å²) in [5.41, 5.74) is 6.08. The van der Waals surface area contributed by atoms with Gasteiger partial charge >= 0.3 is 0 Å². The third-order valence-corrected chi connectivity index (χ3v) is 6.13. The van der Waals surface area contributed by atoms with Gasteiger partial charge in [0.2, 0.25) is 5.91 Å². The first kappa shape index (κ1) is 24.3. The van der Waals surface area contributed by atoms with E-state index in [1.54, 1.807) is 24.8 Å². The van der Waals surface area contributed by atoms with Gasteiger partial charge in [0.15, 0.2) is 11.9 Å². The number of nitrogens with zero attached hydrogens (tertiary/aromatic N) is 4. The molecule has 182 valence electrons. The van der Waals surface area contributed by atoms with Gasteiger partial charge in [0.1, 0.15) is 11.6 Å². The van der Waals surface area contributed by atoms with E-state index in [1.807, 2.05) is 0 Å². The predicted octanol–water partition coefficient (Wildman–Crippen LogP) is 1.64. The van der Waals surface area contributed by atoms with Crippen LogP contribution in [0.15, 0.2) is 24.4 Å². The van der Waals surface area contributed by atoms with Crippen LogP contribution in [-0.4, -0.2) is 68.5 Å². The first-order valence-corrected chi connectivity index (χ1v) is 11.2. The molecule has 1 aromatic heterocycles. The molecule has 2 aliphatic heterocycles. The van der Waals surface area contributed by atoms with Gasteiger partial charge in [0.05, 0.1) is 29.4 Å². The summed E-state index contributed by atoms with van der Waals surface area (Å²) in [7, 11) is 0. The smallest absolute Gasteiger partial charge is 0.254 e. The Morgan fingerprint density at radius 3 is 2.59 bits per heavy atom. The molecule has 0 bridgehead atoms. The fourth-order valence-corrected chi connectivity index (χ4v) is 4.11. The number of carbonyl (C=O) groups excluding carboxylic acids is 2. The standard InChI is InChI=1S/C22H25F2N5O4S/c1-22(2)32-11-17(33-22)21(31)28-5-3-12(4-6-28)19-15(23)8-14(9-16(19)24)29-10-13(26-27-29)7-18(34)20(25)30/h3,8-10,17-18,34H,4-7,11H2,1-2H3,(H2,25,30). The lowest BCUT2D eigenvalue weighted by molar-refractivity contribution is -0.159. The molecule has 2 amide bonds. The van der Waals surface area contributed by atoms with Gasteiger partial charge in [-0.2, -0.15) is 12.6 Å². The third-order valence-electron chi connectivity index (χ3n) is 5.69. The van der Waals surface area contributed by atoms with E-state index in [4.69, 9.17) is 15.2 Å². The summed E-state index contributed by atoms with van der Waals surface area (Å²) in [4.78, 5) is 25.4. The van der Waals surface area contributed by atoms with E-state index in [0.717, 1.165) is 12.1 Å². The number of ether oxygens (including phenoxy) is 2. The molecule has 2 aromatic rings. The second kappa shape index (κ2) is 9.43. The molecule has 1 saturated heterocycles. The first-order valence-electron chi connectivity index (χ1n) is 10.7. The second-order valence-electron chi connectivity index (χ2n) is 8.64. The Labute approximate surface area is 200 Å². The van der Waals surface area contributed by atoms with E-state index in [9.17, 15) is 18.4 Å². The maximum atomic E-state index is 15.0. The maximum absolute atomic E-state index is 15.0. The monoisotopic (exact) mass is 493 g/mol. The highest BCUT2D eigenvalue weighted by atomic mass is 32.1. The van der Waals surface area contributed by atoms with Crippen LogP contribution in [0, 0.1) is 11.6 Å². The van der Waals surface area contributed by atoms with Gasteiger partial charge in [0.25, 0.3) is 5.91 Å². The predicted molar refractivity (Wildman–Crippen MR) is 121 cm³/mol. The highest BCUT2D eigenvalue weighted by molar-refractivity contribution is 7.81. The molecule has 0 spiro atoms. The summed E-state index contributed by atoms with van der Waals surface area (Å²) < 4.78 is 42.2. The third kappa shape index (κ3) is 5.13. The Bertz CT molecular complexity index is 1130. The highest BCUT2D eigenvalue weighted by Crippen LogP contribution is 2.30. The van der Waals surface area contributed by atoms with Crippen LogP contribution in [0.25, 0.3) is 11.3 Å². The number of hydrogen-bond acceptors (Lipinski definition) is 7. The normalized spacial score (nSPS) is 20.8. The molecule has 12 heteroatoms. The fourth-order valence-electron chi connectivity index (χ4n) is 3.92. The van der Waals surface area contributed by atoms with Crippen LogP contribution in [-0.2, 0) is 25.5 Å². The van der Waals surface area contributed by atoms with Crippen molar-refractivity contribution in [3.63, 3.8) is 0 Å². The molecule has 2 aliphatic rings. The van der Waals surface area contributed by atoms with E-state index < -0.39 is 34.7 Å². The van der Waals surface area contributed by atoms with E-state index in [1.165, 1.54) is 10.9 Å². The second-order valence-corrected chi connectivity index (χ2v) is 9.27. The van der Waals surface area contributed by atoms with Crippen molar-refractivity contribution in [2.24, 2.45) is 5.73 Å².